The quantitative estimate of drug-likeness (QED) is 0.892. The van der Waals surface area contributed by atoms with Gasteiger partial charge < -0.3 is 5.32 Å². The Morgan fingerprint density at radius 1 is 1.44 bits per heavy atom. The molecule has 6 heteroatoms. The van der Waals surface area contributed by atoms with Crippen molar-refractivity contribution in [1.29, 1.82) is 0 Å². The molecule has 1 aliphatic rings. The van der Waals surface area contributed by atoms with Crippen LogP contribution in [0.25, 0.3) is 10.6 Å². The van der Waals surface area contributed by atoms with E-state index < -0.39 is 0 Å². The molecule has 0 aromatic carbocycles. The number of rotatable bonds is 2. The summed E-state index contributed by atoms with van der Waals surface area (Å²) in [7, 11) is 0. The van der Waals surface area contributed by atoms with Gasteiger partial charge >= 0.3 is 0 Å². The van der Waals surface area contributed by atoms with Crippen molar-refractivity contribution in [2.75, 3.05) is 13.1 Å². The molecule has 0 aliphatic carbocycles. The van der Waals surface area contributed by atoms with Gasteiger partial charge in [-0.05, 0) is 32.4 Å². The number of aromatic nitrogens is 3. The van der Waals surface area contributed by atoms with E-state index in [4.69, 9.17) is 0 Å². The van der Waals surface area contributed by atoms with Crippen molar-refractivity contribution in [2.45, 2.75) is 25.7 Å². The van der Waals surface area contributed by atoms with Crippen LogP contribution in [0.3, 0.4) is 0 Å². The van der Waals surface area contributed by atoms with Crippen molar-refractivity contribution in [3.8, 4) is 10.6 Å². The first-order valence-corrected chi connectivity index (χ1v) is 6.83. The zero-order chi connectivity index (χ0) is 11.7. The third kappa shape index (κ3) is 2.74. The highest BCUT2D eigenvalue weighted by atomic mass is 35.5. The summed E-state index contributed by atoms with van der Waals surface area (Å²) in [5.41, 5.74) is 2.27. The summed E-state index contributed by atoms with van der Waals surface area (Å²) in [4.78, 5) is 5.41. The lowest BCUT2D eigenvalue weighted by Gasteiger charge is -2.21. The summed E-state index contributed by atoms with van der Waals surface area (Å²) in [5.74, 6) is 0.582. The Hall–Kier alpha value is -0.910. The van der Waals surface area contributed by atoms with Gasteiger partial charge in [-0.15, -0.1) is 23.7 Å². The molecule has 0 bridgehead atoms. The van der Waals surface area contributed by atoms with Gasteiger partial charge in [-0.2, -0.15) is 5.10 Å². The van der Waals surface area contributed by atoms with Crippen LogP contribution in [-0.4, -0.2) is 28.3 Å². The monoisotopic (exact) mass is 284 g/mol. The average molecular weight is 285 g/mol. The fraction of sp³-hybridized carbons (Fsp3) is 0.500. The summed E-state index contributed by atoms with van der Waals surface area (Å²) in [6, 6.07) is 2.17. The highest BCUT2D eigenvalue weighted by Gasteiger charge is 2.18. The maximum absolute atomic E-state index is 4.39. The maximum Gasteiger partial charge on any atom is 0.104 e. The molecule has 0 spiro atoms. The van der Waals surface area contributed by atoms with Crippen LogP contribution in [0, 0.1) is 6.92 Å². The van der Waals surface area contributed by atoms with Gasteiger partial charge in [0.15, 0.2) is 0 Å². The van der Waals surface area contributed by atoms with Crippen molar-refractivity contribution in [1.82, 2.24) is 20.5 Å². The summed E-state index contributed by atoms with van der Waals surface area (Å²) in [6.45, 7) is 4.22. The number of halogens is 1. The van der Waals surface area contributed by atoms with E-state index in [1.807, 2.05) is 13.1 Å². The highest BCUT2D eigenvalue weighted by Crippen LogP contribution is 2.28. The molecule has 3 heterocycles. The number of nitrogens with one attached hydrogen (secondary N) is 2. The molecule has 98 valence electrons. The number of nitrogens with zero attached hydrogens (tertiary/aromatic N) is 2. The van der Waals surface area contributed by atoms with Gasteiger partial charge in [-0.25, -0.2) is 4.98 Å². The Bertz CT molecular complexity index is 502. The molecule has 3 rings (SSSR count). The number of aryl methyl sites for hydroxylation is 1. The second-order valence-corrected chi connectivity index (χ2v) is 5.73. The minimum atomic E-state index is 0. The zero-order valence-corrected chi connectivity index (χ0v) is 11.9. The smallest absolute Gasteiger partial charge is 0.104 e. The Morgan fingerprint density at radius 3 is 3.00 bits per heavy atom. The van der Waals surface area contributed by atoms with Crippen molar-refractivity contribution >= 4 is 23.7 Å². The number of aromatic amines is 1. The summed E-state index contributed by atoms with van der Waals surface area (Å²) in [6.07, 6.45) is 4.40. The number of hydrogen-bond donors (Lipinski definition) is 2. The van der Waals surface area contributed by atoms with Crippen molar-refractivity contribution in [2.24, 2.45) is 0 Å². The van der Waals surface area contributed by atoms with Gasteiger partial charge in [0, 0.05) is 24.4 Å². The molecule has 18 heavy (non-hydrogen) atoms. The Morgan fingerprint density at radius 2 is 2.33 bits per heavy atom. The van der Waals surface area contributed by atoms with Gasteiger partial charge in [0.2, 0.25) is 0 Å². The standard InChI is InChI=1S/C12H16N4S.ClH/c1-8-14-7-12(17-8)11-5-10(15-16-11)9-3-2-4-13-6-9;/h5,7,9,13H,2-4,6H2,1H3,(H,15,16);1H/t9-;/m0./s1. The fourth-order valence-electron chi connectivity index (χ4n) is 2.27. The van der Waals surface area contributed by atoms with Crippen molar-refractivity contribution < 1.29 is 0 Å². The fourth-order valence-corrected chi connectivity index (χ4v) is 3.01. The predicted octanol–water partition coefficient (Wildman–Crippen LogP) is 2.73. The van der Waals surface area contributed by atoms with Crippen LogP contribution in [0.5, 0.6) is 0 Å². The van der Waals surface area contributed by atoms with Crippen molar-refractivity contribution in [3.05, 3.63) is 23.0 Å². The van der Waals surface area contributed by atoms with Crippen LogP contribution < -0.4 is 5.32 Å². The number of piperidine rings is 1. The van der Waals surface area contributed by atoms with Gasteiger partial charge in [-0.1, -0.05) is 0 Å². The molecule has 0 saturated carbocycles. The normalized spacial score (nSPS) is 19.5. The third-order valence-electron chi connectivity index (χ3n) is 3.21. The molecular weight excluding hydrogens is 268 g/mol. The van der Waals surface area contributed by atoms with Gasteiger partial charge in [-0.3, -0.25) is 5.10 Å². The first-order chi connectivity index (χ1) is 8.33. The van der Waals surface area contributed by atoms with Gasteiger partial charge in [0.05, 0.1) is 9.88 Å². The molecule has 1 fully saturated rings. The topological polar surface area (TPSA) is 53.6 Å². The lowest BCUT2D eigenvalue weighted by molar-refractivity contribution is 0.454. The van der Waals surface area contributed by atoms with Gasteiger partial charge in [0.1, 0.15) is 5.69 Å². The van der Waals surface area contributed by atoms with E-state index in [-0.39, 0.29) is 12.4 Å². The van der Waals surface area contributed by atoms with E-state index in [1.165, 1.54) is 18.5 Å². The van der Waals surface area contributed by atoms with E-state index in [0.717, 1.165) is 28.7 Å². The number of thiazole rings is 1. The molecule has 1 saturated heterocycles. The second kappa shape index (κ2) is 5.82. The molecule has 2 N–H and O–H groups in total. The van der Waals surface area contributed by atoms with E-state index in [0.29, 0.717) is 5.92 Å². The third-order valence-corrected chi connectivity index (χ3v) is 4.14. The molecule has 0 unspecified atom stereocenters. The van der Waals surface area contributed by atoms with E-state index in [1.54, 1.807) is 11.3 Å². The number of hydrogen-bond acceptors (Lipinski definition) is 4. The van der Waals surface area contributed by atoms with Crippen molar-refractivity contribution in [3.63, 3.8) is 0 Å². The highest BCUT2D eigenvalue weighted by molar-refractivity contribution is 7.15. The van der Waals surface area contributed by atoms with Crippen LogP contribution in [0.4, 0.5) is 0 Å². The van der Waals surface area contributed by atoms with E-state index >= 15 is 0 Å². The lowest BCUT2D eigenvalue weighted by Crippen LogP contribution is -2.28. The SMILES string of the molecule is Cc1ncc(-c2cc([C@H]3CCCNC3)[nH]n2)s1.Cl. The number of H-pyrrole nitrogens is 1. The maximum atomic E-state index is 4.39. The zero-order valence-electron chi connectivity index (χ0n) is 10.3. The minimum Gasteiger partial charge on any atom is -0.316 e. The lowest BCUT2D eigenvalue weighted by atomic mass is 9.96. The van der Waals surface area contributed by atoms with Crippen LogP contribution in [-0.2, 0) is 0 Å². The summed E-state index contributed by atoms with van der Waals surface area (Å²) >= 11 is 1.69. The molecule has 4 nitrogen and oxygen atoms in total. The minimum absolute atomic E-state index is 0. The predicted molar refractivity (Wildman–Crippen MR) is 76.5 cm³/mol. The first kappa shape index (κ1) is 13.5. The molecule has 0 amide bonds. The molecular formula is C12H17ClN4S. The first-order valence-electron chi connectivity index (χ1n) is 6.02. The summed E-state index contributed by atoms with van der Waals surface area (Å²) in [5, 5.41) is 12.1. The summed E-state index contributed by atoms with van der Waals surface area (Å²) < 4.78 is 0. The molecule has 2 aromatic rings. The molecule has 1 aliphatic heterocycles. The Kier molecular flexibility index (Phi) is 4.37. The Labute approximate surface area is 117 Å². The largest absolute Gasteiger partial charge is 0.316 e. The molecule has 0 radical (unpaired) electrons. The van der Waals surface area contributed by atoms with E-state index in [9.17, 15) is 0 Å². The van der Waals surface area contributed by atoms with E-state index in [2.05, 4.69) is 26.6 Å². The van der Waals surface area contributed by atoms with Gasteiger partial charge in [0.25, 0.3) is 0 Å². The second-order valence-electron chi connectivity index (χ2n) is 4.50. The van der Waals surface area contributed by atoms with Crippen LogP contribution in [0.15, 0.2) is 12.3 Å². The van der Waals surface area contributed by atoms with Crippen LogP contribution in [0.2, 0.25) is 0 Å². The molecule has 2 aromatic heterocycles. The van der Waals surface area contributed by atoms with Crippen LogP contribution in [0.1, 0.15) is 29.5 Å². The van der Waals surface area contributed by atoms with Crippen LogP contribution >= 0.6 is 23.7 Å². The average Bonchev–Trinajstić information content (AvgIpc) is 2.98. The Balaban J connectivity index is 0.00000120. The molecule has 1 atom stereocenters.